The van der Waals surface area contributed by atoms with Crippen LogP contribution in [0.2, 0.25) is 0 Å². The Balaban J connectivity index is 0.00000161. The van der Waals surface area contributed by atoms with E-state index in [2.05, 4.69) is 60.8 Å². The van der Waals surface area contributed by atoms with Crippen LogP contribution in [0.4, 0.5) is 0 Å². The molecule has 0 amide bonds. The van der Waals surface area contributed by atoms with E-state index in [4.69, 9.17) is 0 Å². The quantitative estimate of drug-likeness (QED) is 0.804. The summed E-state index contributed by atoms with van der Waals surface area (Å²) in [5.74, 6) is 0.713. The minimum Gasteiger partial charge on any atom is -0.317 e. The minimum atomic E-state index is 0. The van der Waals surface area contributed by atoms with Gasteiger partial charge in [0.2, 0.25) is 0 Å². The van der Waals surface area contributed by atoms with E-state index in [1.54, 1.807) is 0 Å². The van der Waals surface area contributed by atoms with Gasteiger partial charge in [0.1, 0.15) is 0 Å². The Labute approximate surface area is 142 Å². The number of aryl methyl sites for hydroxylation is 1. The van der Waals surface area contributed by atoms with Crippen molar-refractivity contribution in [2.24, 2.45) is 0 Å². The Hall–Kier alpha value is -0.770. The normalized spacial score (nSPS) is 15.5. The van der Waals surface area contributed by atoms with E-state index in [-0.39, 0.29) is 17.0 Å². The van der Waals surface area contributed by atoms with Crippen LogP contribution in [0.5, 0.6) is 0 Å². The lowest BCUT2D eigenvalue weighted by Crippen LogP contribution is -2.26. The van der Waals surface area contributed by atoms with Crippen molar-refractivity contribution in [1.82, 2.24) is 5.32 Å². The molecule has 1 N–H and O–H groups in total. The molecule has 1 aliphatic rings. The number of rotatable bonds is 3. The monoisotopic (exact) mass is 363 g/mol. The van der Waals surface area contributed by atoms with Crippen LogP contribution in [0.15, 0.2) is 58.3 Å². The summed E-state index contributed by atoms with van der Waals surface area (Å²) in [6.45, 7) is 4.43. The smallest absolute Gasteiger partial charge is 0.0157 e. The van der Waals surface area contributed by atoms with Gasteiger partial charge in [-0.15, -0.1) is 17.0 Å². The van der Waals surface area contributed by atoms with Crippen molar-refractivity contribution < 1.29 is 0 Å². The fourth-order valence-electron chi connectivity index (χ4n) is 2.78. The Morgan fingerprint density at radius 3 is 2.33 bits per heavy atom. The zero-order valence-electron chi connectivity index (χ0n) is 12.3. The Morgan fingerprint density at radius 2 is 1.62 bits per heavy atom. The second kappa shape index (κ2) is 8.02. The van der Waals surface area contributed by atoms with Crippen LogP contribution in [0.3, 0.4) is 0 Å². The van der Waals surface area contributed by atoms with Crippen LogP contribution in [-0.2, 0) is 0 Å². The second-order valence-corrected chi connectivity index (χ2v) is 6.59. The number of halogens is 1. The fourth-order valence-corrected chi connectivity index (χ4v) is 3.80. The van der Waals surface area contributed by atoms with E-state index in [0.29, 0.717) is 5.92 Å². The molecule has 0 unspecified atom stereocenters. The van der Waals surface area contributed by atoms with Crippen LogP contribution in [-0.4, -0.2) is 13.1 Å². The first-order chi connectivity index (χ1) is 9.83. The van der Waals surface area contributed by atoms with Gasteiger partial charge in [-0.1, -0.05) is 47.7 Å². The summed E-state index contributed by atoms with van der Waals surface area (Å²) in [7, 11) is 0. The maximum atomic E-state index is 3.45. The van der Waals surface area contributed by atoms with Crippen molar-refractivity contribution in [3.8, 4) is 0 Å². The molecule has 1 aliphatic heterocycles. The Bertz CT molecular complexity index is 562. The van der Waals surface area contributed by atoms with E-state index >= 15 is 0 Å². The molecular weight excluding hydrogens is 342 g/mol. The van der Waals surface area contributed by atoms with Crippen molar-refractivity contribution in [1.29, 1.82) is 0 Å². The highest BCUT2D eigenvalue weighted by Gasteiger charge is 2.18. The molecule has 1 fully saturated rings. The molecule has 0 aromatic heterocycles. The molecule has 21 heavy (non-hydrogen) atoms. The molecule has 3 heteroatoms. The summed E-state index contributed by atoms with van der Waals surface area (Å²) in [6.07, 6.45) is 2.51. The van der Waals surface area contributed by atoms with Gasteiger partial charge < -0.3 is 5.32 Å². The first kappa shape index (κ1) is 16.6. The second-order valence-electron chi connectivity index (χ2n) is 5.48. The Morgan fingerprint density at radius 1 is 0.952 bits per heavy atom. The molecule has 0 aliphatic carbocycles. The molecule has 1 nitrogen and oxygen atoms in total. The van der Waals surface area contributed by atoms with Crippen LogP contribution in [0.25, 0.3) is 0 Å². The molecule has 2 aromatic rings. The first-order valence-electron chi connectivity index (χ1n) is 7.37. The highest BCUT2D eigenvalue weighted by molar-refractivity contribution is 8.93. The van der Waals surface area contributed by atoms with Crippen molar-refractivity contribution in [3.63, 3.8) is 0 Å². The van der Waals surface area contributed by atoms with E-state index in [1.165, 1.54) is 33.8 Å². The molecule has 3 rings (SSSR count). The van der Waals surface area contributed by atoms with Gasteiger partial charge in [-0.05, 0) is 62.5 Å². The first-order valence-corrected chi connectivity index (χ1v) is 8.19. The molecule has 0 saturated carbocycles. The molecule has 1 saturated heterocycles. The van der Waals surface area contributed by atoms with Crippen LogP contribution in [0, 0.1) is 6.92 Å². The SMILES string of the molecule is Br.Cc1ccc(Sc2ccccc2C2CCNCC2)cc1. The van der Waals surface area contributed by atoms with Crippen LogP contribution in [0.1, 0.15) is 29.9 Å². The lowest BCUT2D eigenvalue weighted by molar-refractivity contribution is 0.456. The van der Waals surface area contributed by atoms with E-state index in [1.807, 2.05) is 11.8 Å². The fraction of sp³-hybridized carbons (Fsp3) is 0.333. The maximum Gasteiger partial charge on any atom is 0.0157 e. The van der Waals surface area contributed by atoms with E-state index in [9.17, 15) is 0 Å². The molecule has 0 spiro atoms. The number of piperidine rings is 1. The van der Waals surface area contributed by atoms with Gasteiger partial charge in [0.05, 0.1) is 0 Å². The standard InChI is InChI=1S/C18H21NS.BrH/c1-14-6-8-16(9-7-14)20-18-5-3-2-4-17(18)15-10-12-19-13-11-15;/h2-9,15,19H,10-13H2,1H3;1H. The average molecular weight is 364 g/mol. The van der Waals surface area contributed by atoms with E-state index in [0.717, 1.165) is 13.1 Å². The van der Waals surface area contributed by atoms with Crippen molar-refractivity contribution in [2.45, 2.75) is 35.5 Å². The number of nitrogens with one attached hydrogen (secondary N) is 1. The summed E-state index contributed by atoms with van der Waals surface area (Å²) >= 11 is 1.90. The summed E-state index contributed by atoms with van der Waals surface area (Å²) in [5.41, 5.74) is 2.85. The van der Waals surface area contributed by atoms with Gasteiger partial charge in [0.15, 0.2) is 0 Å². The number of hydrogen-bond donors (Lipinski definition) is 1. The summed E-state index contributed by atoms with van der Waals surface area (Å²) < 4.78 is 0. The molecule has 0 atom stereocenters. The van der Waals surface area contributed by atoms with Gasteiger partial charge in [-0.3, -0.25) is 0 Å². The highest BCUT2D eigenvalue weighted by atomic mass is 79.9. The van der Waals surface area contributed by atoms with Gasteiger partial charge >= 0.3 is 0 Å². The van der Waals surface area contributed by atoms with Gasteiger partial charge in [0.25, 0.3) is 0 Å². The third-order valence-electron chi connectivity index (χ3n) is 3.95. The highest BCUT2D eigenvalue weighted by Crippen LogP contribution is 2.36. The lowest BCUT2D eigenvalue weighted by atomic mass is 9.90. The molecule has 112 valence electrons. The van der Waals surface area contributed by atoms with Crippen molar-refractivity contribution in [2.75, 3.05) is 13.1 Å². The van der Waals surface area contributed by atoms with Crippen molar-refractivity contribution in [3.05, 3.63) is 59.7 Å². The lowest BCUT2D eigenvalue weighted by Gasteiger charge is -2.24. The molecule has 0 bridgehead atoms. The van der Waals surface area contributed by atoms with Crippen LogP contribution < -0.4 is 5.32 Å². The van der Waals surface area contributed by atoms with Gasteiger partial charge in [0, 0.05) is 9.79 Å². The van der Waals surface area contributed by atoms with E-state index < -0.39 is 0 Å². The van der Waals surface area contributed by atoms with Crippen molar-refractivity contribution >= 4 is 28.7 Å². The third kappa shape index (κ3) is 4.35. The molecule has 1 heterocycles. The zero-order valence-corrected chi connectivity index (χ0v) is 14.9. The summed E-state index contributed by atoms with van der Waals surface area (Å²) in [4.78, 5) is 2.75. The Kier molecular flexibility index (Phi) is 6.34. The molecule has 2 aromatic carbocycles. The number of hydrogen-bond acceptors (Lipinski definition) is 2. The molecular formula is C18H22BrNS. The maximum absolute atomic E-state index is 3.45. The predicted octanol–water partition coefficient (Wildman–Crippen LogP) is 5.19. The topological polar surface area (TPSA) is 12.0 Å². The van der Waals surface area contributed by atoms with Gasteiger partial charge in [-0.2, -0.15) is 0 Å². The summed E-state index contributed by atoms with van der Waals surface area (Å²) in [5, 5.41) is 3.45. The van der Waals surface area contributed by atoms with Crippen LogP contribution >= 0.6 is 28.7 Å². The predicted molar refractivity (Wildman–Crippen MR) is 96.9 cm³/mol. The number of benzene rings is 2. The third-order valence-corrected chi connectivity index (χ3v) is 5.05. The summed E-state index contributed by atoms with van der Waals surface area (Å²) in [6, 6.07) is 17.7. The largest absolute Gasteiger partial charge is 0.317 e. The van der Waals surface area contributed by atoms with Gasteiger partial charge in [-0.25, -0.2) is 0 Å². The average Bonchev–Trinajstić information content (AvgIpc) is 2.51. The minimum absolute atomic E-state index is 0. The zero-order chi connectivity index (χ0) is 13.8. The molecule has 0 radical (unpaired) electrons.